The van der Waals surface area contributed by atoms with E-state index in [-0.39, 0.29) is 10.9 Å². The lowest BCUT2D eigenvalue weighted by molar-refractivity contribution is 0.0526. The second kappa shape index (κ2) is 7.00. The van der Waals surface area contributed by atoms with Gasteiger partial charge in [-0.25, -0.2) is 9.78 Å². The van der Waals surface area contributed by atoms with E-state index >= 15 is 0 Å². The van der Waals surface area contributed by atoms with Crippen LogP contribution >= 0.6 is 11.3 Å². The summed E-state index contributed by atoms with van der Waals surface area (Å²) in [6.07, 6.45) is 2.28. The van der Waals surface area contributed by atoms with E-state index in [1.807, 2.05) is 0 Å². The van der Waals surface area contributed by atoms with Crippen LogP contribution in [-0.4, -0.2) is 66.5 Å². The molecule has 2 heterocycles. The van der Waals surface area contributed by atoms with Gasteiger partial charge in [0.25, 0.3) is 5.91 Å². The maximum Gasteiger partial charge on any atom is 0.367 e. The van der Waals surface area contributed by atoms with Crippen LogP contribution in [0.15, 0.2) is 5.38 Å². The fourth-order valence-electron chi connectivity index (χ4n) is 2.46. The Hall–Kier alpha value is -1.47. The van der Waals surface area contributed by atoms with Crippen molar-refractivity contribution in [2.45, 2.75) is 25.8 Å². The standard InChI is InChI=1S/C14H21N3O3S/c1-4-20-14(19)12-15-11(9-21-12)13(18)17(3)8-10-6-5-7-16(10)2/h9-10H,4-8H2,1-3H3. The molecule has 1 unspecified atom stereocenters. The number of hydrogen-bond donors (Lipinski definition) is 0. The summed E-state index contributed by atoms with van der Waals surface area (Å²) >= 11 is 1.14. The second-order valence-electron chi connectivity index (χ2n) is 5.22. The molecule has 1 aromatic rings. The van der Waals surface area contributed by atoms with Gasteiger partial charge >= 0.3 is 5.97 Å². The highest BCUT2D eigenvalue weighted by atomic mass is 32.1. The quantitative estimate of drug-likeness (QED) is 0.771. The van der Waals surface area contributed by atoms with Crippen LogP contribution in [0.3, 0.4) is 0 Å². The molecular weight excluding hydrogens is 290 g/mol. The number of likely N-dealkylation sites (N-methyl/N-ethyl adjacent to an activating group) is 2. The number of nitrogens with zero attached hydrogens (tertiary/aromatic N) is 3. The Bertz CT molecular complexity index is 517. The largest absolute Gasteiger partial charge is 0.461 e. The summed E-state index contributed by atoms with van der Waals surface area (Å²) in [6.45, 7) is 3.80. The van der Waals surface area contributed by atoms with E-state index < -0.39 is 5.97 Å². The number of aromatic nitrogens is 1. The fraction of sp³-hybridized carbons (Fsp3) is 0.643. The van der Waals surface area contributed by atoms with Gasteiger partial charge in [0.1, 0.15) is 5.69 Å². The third kappa shape index (κ3) is 3.79. The Labute approximate surface area is 128 Å². The van der Waals surface area contributed by atoms with Crippen LogP contribution in [0.25, 0.3) is 0 Å². The van der Waals surface area contributed by atoms with Crippen LogP contribution in [0.5, 0.6) is 0 Å². The summed E-state index contributed by atoms with van der Waals surface area (Å²) in [5, 5.41) is 1.84. The lowest BCUT2D eigenvalue weighted by Gasteiger charge is -2.25. The SMILES string of the molecule is CCOC(=O)c1nc(C(=O)N(C)CC2CCCN2C)cs1. The minimum Gasteiger partial charge on any atom is -0.461 e. The smallest absolute Gasteiger partial charge is 0.367 e. The molecule has 1 amide bonds. The van der Waals surface area contributed by atoms with Crippen LogP contribution < -0.4 is 0 Å². The highest BCUT2D eigenvalue weighted by Gasteiger charge is 2.25. The molecule has 1 saturated heterocycles. The van der Waals surface area contributed by atoms with Crippen molar-refractivity contribution in [1.82, 2.24) is 14.8 Å². The molecule has 1 aliphatic heterocycles. The topological polar surface area (TPSA) is 62.7 Å². The van der Waals surface area contributed by atoms with Crippen LogP contribution in [0.2, 0.25) is 0 Å². The zero-order chi connectivity index (χ0) is 15.4. The summed E-state index contributed by atoms with van der Waals surface area (Å²) in [5.41, 5.74) is 0.311. The van der Waals surface area contributed by atoms with Crippen molar-refractivity contribution >= 4 is 23.2 Å². The molecule has 0 bridgehead atoms. The molecule has 0 N–H and O–H groups in total. The molecule has 0 aromatic carbocycles. The maximum atomic E-state index is 12.3. The van der Waals surface area contributed by atoms with Gasteiger partial charge in [-0.15, -0.1) is 11.3 Å². The number of carbonyl (C=O) groups is 2. The van der Waals surface area contributed by atoms with Gasteiger partial charge in [-0.1, -0.05) is 0 Å². The highest BCUT2D eigenvalue weighted by Crippen LogP contribution is 2.17. The summed E-state index contributed by atoms with van der Waals surface area (Å²) in [5.74, 6) is -0.623. The highest BCUT2D eigenvalue weighted by molar-refractivity contribution is 7.11. The van der Waals surface area contributed by atoms with Gasteiger partial charge in [-0.05, 0) is 33.4 Å². The predicted octanol–water partition coefficient (Wildman–Crippen LogP) is 1.49. The monoisotopic (exact) mass is 311 g/mol. The number of esters is 1. The minimum atomic E-state index is -0.472. The molecule has 1 fully saturated rings. The number of hydrogen-bond acceptors (Lipinski definition) is 6. The van der Waals surface area contributed by atoms with Gasteiger partial charge < -0.3 is 14.5 Å². The Kier molecular flexibility index (Phi) is 5.30. The molecule has 2 rings (SSSR count). The summed E-state index contributed by atoms with van der Waals surface area (Å²) < 4.78 is 4.88. The molecule has 1 atom stereocenters. The molecule has 1 aliphatic rings. The lowest BCUT2D eigenvalue weighted by Crippen LogP contribution is -2.39. The van der Waals surface area contributed by atoms with Gasteiger partial charge in [0, 0.05) is 25.0 Å². The minimum absolute atomic E-state index is 0.151. The van der Waals surface area contributed by atoms with E-state index in [4.69, 9.17) is 4.74 Å². The van der Waals surface area contributed by atoms with E-state index in [9.17, 15) is 9.59 Å². The number of amides is 1. The van der Waals surface area contributed by atoms with Crippen molar-refractivity contribution in [3.8, 4) is 0 Å². The fourth-order valence-corrected chi connectivity index (χ4v) is 3.15. The van der Waals surface area contributed by atoms with Crippen molar-refractivity contribution in [3.05, 3.63) is 16.1 Å². The number of thiazole rings is 1. The predicted molar refractivity (Wildman–Crippen MR) is 80.7 cm³/mol. The van der Waals surface area contributed by atoms with E-state index in [0.29, 0.717) is 24.9 Å². The van der Waals surface area contributed by atoms with Gasteiger partial charge in [0.2, 0.25) is 5.01 Å². The number of rotatable bonds is 5. The maximum absolute atomic E-state index is 12.3. The molecule has 116 valence electrons. The van der Waals surface area contributed by atoms with Crippen molar-refractivity contribution in [1.29, 1.82) is 0 Å². The van der Waals surface area contributed by atoms with Crippen molar-refractivity contribution in [2.24, 2.45) is 0 Å². The molecule has 1 aromatic heterocycles. The van der Waals surface area contributed by atoms with Gasteiger partial charge in [0.15, 0.2) is 0 Å². The zero-order valence-electron chi connectivity index (χ0n) is 12.7. The number of ether oxygens (including phenoxy) is 1. The van der Waals surface area contributed by atoms with Crippen LogP contribution in [-0.2, 0) is 4.74 Å². The van der Waals surface area contributed by atoms with E-state index in [2.05, 4.69) is 16.9 Å². The third-order valence-electron chi connectivity index (χ3n) is 3.68. The lowest BCUT2D eigenvalue weighted by atomic mass is 10.2. The average molecular weight is 311 g/mol. The normalized spacial score (nSPS) is 18.7. The van der Waals surface area contributed by atoms with Crippen LogP contribution in [0.4, 0.5) is 0 Å². The Morgan fingerprint density at radius 2 is 2.33 bits per heavy atom. The van der Waals surface area contributed by atoms with E-state index in [0.717, 1.165) is 24.3 Å². The zero-order valence-corrected chi connectivity index (χ0v) is 13.5. The Morgan fingerprint density at radius 3 is 2.95 bits per heavy atom. The first kappa shape index (κ1) is 15.9. The van der Waals surface area contributed by atoms with Crippen molar-refractivity contribution in [3.63, 3.8) is 0 Å². The first-order valence-corrected chi connectivity index (χ1v) is 7.99. The first-order chi connectivity index (χ1) is 10.0. The molecule has 0 aliphatic carbocycles. The van der Waals surface area contributed by atoms with Gasteiger partial charge in [-0.2, -0.15) is 0 Å². The second-order valence-corrected chi connectivity index (χ2v) is 6.08. The summed E-state index contributed by atoms with van der Waals surface area (Å²) in [7, 11) is 3.86. The Morgan fingerprint density at radius 1 is 1.57 bits per heavy atom. The van der Waals surface area contributed by atoms with Crippen molar-refractivity contribution < 1.29 is 14.3 Å². The molecule has 21 heavy (non-hydrogen) atoms. The molecule has 6 nitrogen and oxygen atoms in total. The molecule has 0 saturated carbocycles. The Balaban J connectivity index is 1.97. The van der Waals surface area contributed by atoms with Gasteiger partial charge in [0.05, 0.1) is 6.61 Å². The number of likely N-dealkylation sites (tertiary alicyclic amines) is 1. The number of carbonyl (C=O) groups excluding carboxylic acids is 2. The molecule has 0 spiro atoms. The van der Waals surface area contributed by atoms with Crippen LogP contribution in [0, 0.1) is 0 Å². The summed E-state index contributed by atoms with van der Waals surface area (Å²) in [6, 6.07) is 0.405. The molecule has 7 heteroatoms. The van der Waals surface area contributed by atoms with Crippen molar-refractivity contribution in [2.75, 3.05) is 33.8 Å². The summed E-state index contributed by atoms with van der Waals surface area (Å²) in [4.78, 5) is 31.9. The average Bonchev–Trinajstić information content (AvgIpc) is 3.08. The molecular formula is C14H21N3O3S. The first-order valence-electron chi connectivity index (χ1n) is 7.11. The van der Waals surface area contributed by atoms with E-state index in [1.165, 1.54) is 6.42 Å². The third-order valence-corrected chi connectivity index (χ3v) is 4.50. The van der Waals surface area contributed by atoms with Gasteiger partial charge in [-0.3, -0.25) is 4.79 Å². The van der Waals surface area contributed by atoms with E-state index in [1.54, 1.807) is 24.3 Å². The molecule has 0 radical (unpaired) electrons. The van der Waals surface area contributed by atoms with Crippen LogP contribution in [0.1, 0.15) is 40.1 Å².